The van der Waals surface area contributed by atoms with Gasteiger partial charge in [0, 0.05) is 52.0 Å². The van der Waals surface area contributed by atoms with Crippen LogP contribution in [-0.4, -0.2) is 104 Å². The summed E-state index contributed by atoms with van der Waals surface area (Å²) < 4.78 is 43.2. The van der Waals surface area contributed by atoms with Gasteiger partial charge in [0.05, 0.1) is 35.4 Å². The van der Waals surface area contributed by atoms with Gasteiger partial charge in [-0.2, -0.15) is 0 Å². The monoisotopic (exact) mass is 734 g/mol. The minimum Gasteiger partial charge on any atom is -0.493 e. The predicted molar refractivity (Wildman–Crippen MR) is 192 cm³/mol. The molecule has 4 rings (SSSR count). The largest absolute Gasteiger partial charge is 0.493 e. The van der Waals surface area contributed by atoms with E-state index in [-0.39, 0.29) is 50.7 Å². The Morgan fingerprint density at radius 1 is 1.12 bits per heavy atom. The van der Waals surface area contributed by atoms with E-state index in [0.717, 1.165) is 34.5 Å². The molecule has 1 aliphatic carbocycles. The van der Waals surface area contributed by atoms with Crippen LogP contribution in [0.5, 0.6) is 5.75 Å². The van der Waals surface area contributed by atoms with Crippen molar-refractivity contribution in [3.05, 3.63) is 35.0 Å². The first-order valence-electron chi connectivity index (χ1n) is 17.9. The summed E-state index contributed by atoms with van der Waals surface area (Å²) >= 11 is 1.55. The molecule has 284 valence electrons. The van der Waals surface area contributed by atoms with Crippen LogP contribution in [0, 0.1) is 12.3 Å². The van der Waals surface area contributed by atoms with Crippen molar-refractivity contribution >= 4 is 29.1 Å². The molecule has 51 heavy (non-hydrogen) atoms. The van der Waals surface area contributed by atoms with Crippen LogP contribution in [0.1, 0.15) is 78.0 Å². The number of hydrogen-bond acceptors (Lipinski definition) is 10. The minimum absolute atomic E-state index is 0.138. The number of nitrogens with one attached hydrogen (secondary N) is 2. The van der Waals surface area contributed by atoms with Crippen molar-refractivity contribution in [1.29, 1.82) is 0 Å². The topological polar surface area (TPSA) is 138 Å². The summed E-state index contributed by atoms with van der Waals surface area (Å²) in [5.41, 5.74) is 1.81. The Balaban J connectivity index is 1.41. The molecule has 0 unspecified atom stereocenters. The van der Waals surface area contributed by atoms with Crippen molar-refractivity contribution < 1.29 is 42.5 Å². The third-order valence-corrected chi connectivity index (χ3v) is 10.1. The Hall–Kier alpha value is -3.17. The van der Waals surface area contributed by atoms with E-state index in [1.807, 2.05) is 39.0 Å². The van der Waals surface area contributed by atoms with Crippen LogP contribution in [0.2, 0.25) is 0 Å². The molecular weight excluding hydrogens is 679 g/mol. The Kier molecular flexibility index (Phi) is 14.8. The molecule has 3 atom stereocenters. The predicted octanol–water partition coefficient (Wildman–Crippen LogP) is 4.96. The van der Waals surface area contributed by atoms with E-state index in [4.69, 9.17) is 23.7 Å². The summed E-state index contributed by atoms with van der Waals surface area (Å²) in [6.45, 7) is 14.0. The number of halogens is 1. The van der Waals surface area contributed by atoms with Gasteiger partial charge in [0.15, 0.2) is 12.0 Å². The van der Waals surface area contributed by atoms with Gasteiger partial charge in [0.2, 0.25) is 11.8 Å². The van der Waals surface area contributed by atoms with Gasteiger partial charge in [0.25, 0.3) is 5.91 Å². The molecule has 2 heterocycles. The van der Waals surface area contributed by atoms with Crippen LogP contribution in [0.15, 0.2) is 23.7 Å². The number of ether oxygens (including phenoxy) is 5. The molecule has 2 fully saturated rings. The Morgan fingerprint density at radius 3 is 2.43 bits per heavy atom. The first-order chi connectivity index (χ1) is 24.3. The maximum Gasteiger partial charge on any atom is 0.258 e. The molecular formula is C37H55FN4O8S. The van der Waals surface area contributed by atoms with Crippen molar-refractivity contribution in [2.24, 2.45) is 5.41 Å². The lowest BCUT2D eigenvalue weighted by atomic mass is 9.85. The number of aryl methyl sites for hydroxylation is 1. The van der Waals surface area contributed by atoms with Crippen LogP contribution < -0.4 is 15.4 Å². The Morgan fingerprint density at radius 2 is 1.82 bits per heavy atom. The fourth-order valence-electron chi connectivity index (χ4n) is 5.91. The second-order valence-corrected chi connectivity index (χ2v) is 15.0. The second-order valence-electron chi connectivity index (χ2n) is 14.1. The van der Waals surface area contributed by atoms with Crippen molar-refractivity contribution in [3.63, 3.8) is 0 Å². The smallest absolute Gasteiger partial charge is 0.258 e. The van der Waals surface area contributed by atoms with E-state index in [0.29, 0.717) is 38.8 Å². The van der Waals surface area contributed by atoms with Crippen LogP contribution >= 0.6 is 11.3 Å². The molecule has 0 radical (unpaired) electrons. The highest BCUT2D eigenvalue weighted by Crippen LogP contribution is 2.40. The van der Waals surface area contributed by atoms with Gasteiger partial charge in [-0.1, -0.05) is 32.9 Å². The highest BCUT2D eigenvalue weighted by molar-refractivity contribution is 7.13. The average Bonchev–Trinajstić information content (AvgIpc) is 3.47. The lowest BCUT2D eigenvalue weighted by Gasteiger charge is -2.35. The molecule has 1 aromatic heterocycles. The standard InChI is InChI=1S/C37H55FN4O8S/c1-8-48-30(49-9-2)22-47-16-10-11-17-50-29-18-25(31-24(3)40-23-51-31)12-13-26(29)20-39-33(43)28-19-27(46-7)21-42(28)34(44)32(36(4,5)6)41-35(45)37(38)14-15-37/h12-13,18,23,27-28,30,32H,8-11,14-17,19-22H2,1-7H3,(H,39,43)(H,41,45)/t27-,28+,32-/m1/s1. The summed E-state index contributed by atoms with van der Waals surface area (Å²) in [5, 5.41) is 5.66. The Bertz CT molecular complexity index is 1460. The molecule has 12 nitrogen and oxygen atoms in total. The van der Waals surface area contributed by atoms with E-state index in [1.165, 1.54) is 12.0 Å². The maximum atomic E-state index is 14.6. The molecule has 1 saturated carbocycles. The van der Waals surface area contributed by atoms with Gasteiger partial charge in [-0.05, 0) is 63.5 Å². The number of thiazole rings is 1. The number of methoxy groups -OCH3 is 1. The maximum absolute atomic E-state index is 14.6. The number of nitrogens with zero attached hydrogens (tertiary/aromatic N) is 2. The Labute approximate surface area is 305 Å². The van der Waals surface area contributed by atoms with E-state index in [9.17, 15) is 18.8 Å². The number of unbranched alkanes of at least 4 members (excludes halogenated alkanes) is 1. The van der Waals surface area contributed by atoms with Gasteiger partial charge >= 0.3 is 0 Å². The third kappa shape index (κ3) is 11.2. The van der Waals surface area contributed by atoms with Crippen molar-refractivity contribution in [2.45, 2.75) is 110 Å². The van der Waals surface area contributed by atoms with Gasteiger partial charge in [-0.3, -0.25) is 14.4 Å². The van der Waals surface area contributed by atoms with Crippen molar-refractivity contribution in [3.8, 4) is 16.2 Å². The zero-order valence-electron chi connectivity index (χ0n) is 31.1. The van der Waals surface area contributed by atoms with Crippen LogP contribution in [0.4, 0.5) is 4.39 Å². The lowest BCUT2D eigenvalue weighted by molar-refractivity contribution is -0.167. The number of alkyl halides is 1. The number of hydrogen-bond donors (Lipinski definition) is 2. The van der Waals surface area contributed by atoms with Gasteiger partial charge in [-0.15, -0.1) is 11.3 Å². The first-order valence-corrected chi connectivity index (χ1v) is 18.8. The first kappa shape index (κ1) is 40.6. The number of rotatable bonds is 20. The molecule has 1 aromatic carbocycles. The quantitative estimate of drug-likeness (QED) is 0.143. The molecule has 0 bridgehead atoms. The number of amides is 3. The second kappa shape index (κ2) is 18.5. The number of carbonyl (C=O) groups is 3. The third-order valence-electron chi connectivity index (χ3n) is 9.09. The van der Waals surface area contributed by atoms with E-state index < -0.39 is 35.0 Å². The van der Waals surface area contributed by atoms with Crippen molar-refractivity contribution in [1.82, 2.24) is 20.5 Å². The highest BCUT2D eigenvalue weighted by atomic mass is 32.1. The minimum atomic E-state index is -1.93. The summed E-state index contributed by atoms with van der Waals surface area (Å²) in [4.78, 5) is 47.3. The molecule has 1 aliphatic heterocycles. The van der Waals surface area contributed by atoms with E-state index >= 15 is 0 Å². The van der Waals surface area contributed by atoms with Crippen LogP contribution in [0.3, 0.4) is 0 Å². The molecule has 3 amide bonds. The van der Waals surface area contributed by atoms with Gasteiger partial charge < -0.3 is 39.2 Å². The number of carbonyl (C=O) groups excluding carboxylic acids is 3. The zero-order valence-corrected chi connectivity index (χ0v) is 31.9. The van der Waals surface area contributed by atoms with Gasteiger partial charge in [0.1, 0.15) is 17.8 Å². The highest BCUT2D eigenvalue weighted by Gasteiger charge is 2.53. The van der Waals surface area contributed by atoms with E-state index in [2.05, 4.69) is 15.6 Å². The fourth-order valence-corrected chi connectivity index (χ4v) is 6.71. The van der Waals surface area contributed by atoms with Crippen molar-refractivity contribution in [2.75, 3.05) is 46.7 Å². The summed E-state index contributed by atoms with van der Waals surface area (Å²) in [7, 11) is 1.54. The molecule has 2 aliphatic rings. The van der Waals surface area contributed by atoms with Crippen LogP contribution in [-0.2, 0) is 39.9 Å². The molecule has 1 saturated heterocycles. The lowest BCUT2D eigenvalue weighted by Crippen LogP contribution is -2.59. The summed E-state index contributed by atoms with van der Waals surface area (Å²) in [5.74, 6) is -0.940. The normalized spacial score (nSPS) is 18.9. The molecule has 2 N–H and O–H groups in total. The number of aromatic nitrogens is 1. The zero-order chi connectivity index (χ0) is 37.2. The number of benzene rings is 1. The average molecular weight is 735 g/mol. The SMILES string of the molecule is CCOC(COCCCCOc1cc(-c2scnc2C)ccc1CNC(=O)[C@@H]1C[C@@H](OC)CN1C(=O)[C@@H](NC(=O)C1(F)CC1)C(C)(C)C)OCC. The molecule has 14 heteroatoms. The fraction of sp³-hybridized carbons (Fsp3) is 0.676. The van der Waals surface area contributed by atoms with Gasteiger partial charge in [-0.25, -0.2) is 9.37 Å². The summed E-state index contributed by atoms with van der Waals surface area (Å²) in [6.07, 6.45) is 1.34. The van der Waals surface area contributed by atoms with Crippen LogP contribution in [0.25, 0.3) is 10.4 Å². The summed E-state index contributed by atoms with van der Waals surface area (Å²) in [6, 6.07) is 4.02. The molecule has 0 spiro atoms. The van der Waals surface area contributed by atoms with E-state index in [1.54, 1.807) is 37.6 Å². The number of likely N-dealkylation sites (tertiary alicyclic amines) is 1. The molecule has 2 aromatic rings.